The van der Waals surface area contributed by atoms with Crippen LogP contribution in [0.1, 0.15) is 58.4 Å². The van der Waals surface area contributed by atoms with Gasteiger partial charge in [-0.3, -0.25) is 14.7 Å². The van der Waals surface area contributed by atoms with Gasteiger partial charge in [0.05, 0.1) is 18.6 Å². The molecule has 0 bridgehead atoms. The number of aromatic amines is 1. The van der Waals surface area contributed by atoms with Crippen molar-refractivity contribution < 1.29 is 9.53 Å². The van der Waals surface area contributed by atoms with Crippen LogP contribution in [0.2, 0.25) is 0 Å². The number of nitrogens with zero attached hydrogens (tertiary/aromatic N) is 4. The maximum atomic E-state index is 12.6. The molecule has 9 heteroatoms. The molecule has 2 aliphatic carbocycles. The third-order valence-electron chi connectivity index (χ3n) is 9.38. The molecule has 0 radical (unpaired) electrons. The van der Waals surface area contributed by atoms with E-state index in [1.54, 1.807) is 13.4 Å². The van der Waals surface area contributed by atoms with Crippen LogP contribution in [-0.2, 0) is 16.6 Å². The second kappa shape index (κ2) is 11.3. The number of hydrogen-bond donors (Lipinski definition) is 3. The molecule has 4 aromatic rings. The molecule has 1 aromatic carbocycles. The number of rotatable bonds is 6. The van der Waals surface area contributed by atoms with E-state index in [0.717, 1.165) is 72.8 Å². The summed E-state index contributed by atoms with van der Waals surface area (Å²) < 4.78 is 5.56. The number of ether oxygens (including phenoxy) is 1. The fourth-order valence-electron chi connectivity index (χ4n) is 7.12. The Morgan fingerprint density at radius 1 is 1.05 bits per heavy atom. The molecule has 1 aliphatic heterocycles. The molecule has 4 heterocycles. The summed E-state index contributed by atoms with van der Waals surface area (Å²) in [7, 11) is 1.66. The Hall–Kier alpha value is -4.08. The van der Waals surface area contributed by atoms with Crippen molar-refractivity contribution in [2.24, 2.45) is 0 Å². The molecule has 3 N–H and O–H groups in total. The molecule has 1 amide bonds. The predicted molar refractivity (Wildman–Crippen MR) is 164 cm³/mol. The van der Waals surface area contributed by atoms with Crippen LogP contribution in [0.5, 0.6) is 0 Å². The Bertz CT molecular complexity index is 1600. The first kappa shape index (κ1) is 26.8. The lowest BCUT2D eigenvalue weighted by atomic mass is 9.68. The Labute approximate surface area is 245 Å². The minimum absolute atomic E-state index is 0.0995. The van der Waals surface area contributed by atoms with E-state index >= 15 is 0 Å². The molecule has 7 rings (SSSR count). The van der Waals surface area contributed by atoms with Gasteiger partial charge >= 0.3 is 0 Å². The number of anilines is 1. The number of H-pyrrole nitrogens is 1. The highest BCUT2D eigenvalue weighted by molar-refractivity contribution is 5.95. The summed E-state index contributed by atoms with van der Waals surface area (Å²) in [6.07, 6.45) is 15.0. The van der Waals surface area contributed by atoms with Crippen LogP contribution >= 0.6 is 0 Å². The van der Waals surface area contributed by atoms with Crippen molar-refractivity contribution in [2.75, 3.05) is 38.7 Å². The van der Waals surface area contributed by atoms with Gasteiger partial charge in [0, 0.05) is 61.3 Å². The monoisotopic (exact) mass is 563 g/mol. The summed E-state index contributed by atoms with van der Waals surface area (Å²) in [4.78, 5) is 32.4. The van der Waals surface area contributed by atoms with Crippen molar-refractivity contribution in [1.82, 2.24) is 30.2 Å². The lowest BCUT2D eigenvalue weighted by Crippen LogP contribution is -2.46. The number of benzene rings is 1. The first-order chi connectivity index (χ1) is 20.6. The first-order valence-corrected chi connectivity index (χ1v) is 15.0. The van der Waals surface area contributed by atoms with Crippen LogP contribution in [-0.4, -0.2) is 76.2 Å². The number of hydrogen-bond acceptors (Lipinski definition) is 7. The Morgan fingerprint density at radius 3 is 2.64 bits per heavy atom. The lowest BCUT2D eigenvalue weighted by molar-refractivity contribution is 0.00791. The minimum Gasteiger partial charge on any atom is -0.379 e. The van der Waals surface area contributed by atoms with Gasteiger partial charge in [0.2, 0.25) is 0 Å². The molecule has 3 aromatic heterocycles. The molecule has 3 aliphatic rings. The van der Waals surface area contributed by atoms with Crippen LogP contribution < -0.4 is 10.6 Å². The van der Waals surface area contributed by atoms with Gasteiger partial charge in [-0.2, -0.15) is 0 Å². The third-order valence-corrected chi connectivity index (χ3v) is 9.38. The number of pyridine rings is 1. The number of carbonyl (C=O) groups excluding carboxylic acids is 1. The zero-order valence-electron chi connectivity index (χ0n) is 24.0. The zero-order valence-corrected chi connectivity index (χ0v) is 24.0. The Morgan fingerprint density at radius 2 is 1.86 bits per heavy atom. The van der Waals surface area contributed by atoms with Crippen LogP contribution in [0.3, 0.4) is 0 Å². The number of morpholine rings is 1. The van der Waals surface area contributed by atoms with Crippen molar-refractivity contribution in [1.29, 1.82) is 0 Å². The van der Waals surface area contributed by atoms with E-state index in [1.165, 1.54) is 18.4 Å². The van der Waals surface area contributed by atoms with Crippen molar-refractivity contribution >= 4 is 28.8 Å². The van der Waals surface area contributed by atoms with E-state index < -0.39 is 5.41 Å². The lowest BCUT2D eigenvalue weighted by Gasteiger charge is -2.39. The number of allylic oxidation sites excluding steroid dienone is 1. The molecular formula is C33H37N7O2. The second-order valence-corrected chi connectivity index (χ2v) is 11.6. The SMILES string of the molecule is CNC(=O)c1cccc(C2(c3ccncc3)C=Cc3[nH]c4ncnc(N[C@H]5CC[C@H](N6CCOCC6)CC5)c4c3C2)c1. The topological polar surface area (TPSA) is 108 Å². The van der Waals surface area contributed by atoms with Gasteiger partial charge in [-0.15, -0.1) is 0 Å². The van der Waals surface area contributed by atoms with E-state index in [-0.39, 0.29) is 5.91 Å². The van der Waals surface area contributed by atoms with Crippen LogP contribution in [0.15, 0.2) is 61.2 Å². The number of fused-ring (bicyclic) bond motifs is 3. The Balaban J connectivity index is 1.22. The van der Waals surface area contributed by atoms with E-state index in [9.17, 15) is 4.79 Å². The fraction of sp³-hybridized carbons (Fsp3) is 0.394. The second-order valence-electron chi connectivity index (χ2n) is 11.6. The first-order valence-electron chi connectivity index (χ1n) is 15.0. The average Bonchev–Trinajstić information content (AvgIpc) is 3.44. The van der Waals surface area contributed by atoms with Crippen molar-refractivity contribution in [2.45, 2.75) is 49.6 Å². The fourth-order valence-corrected chi connectivity index (χ4v) is 7.12. The summed E-state index contributed by atoms with van der Waals surface area (Å²) >= 11 is 0. The van der Waals surface area contributed by atoms with E-state index in [4.69, 9.17) is 9.72 Å². The highest BCUT2D eigenvalue weighted by atomic mass is 16.5. The van der Waals surface area contributed by atoms with Gasteiger partial charge in [0.25, 0.3) is 5.91 Å². The van der Waals surface area contributed by atoms with Crippen LogP contribution in [0, 0.1) is 0 Å². The summed E-state index contributed by atoms with van der Waals surface area (Å²) in [5.74, 6) is 0.794. The smallest absolute Gasteiger partial charge is 0.251 e. The highest BCUT2D eigenvalue weighted by Crippen LogP contribution is 2.44. The van der Waals surface area contributed by atoms with E-state index in [0.29, 0.717) is 24.1 Å². The highest BCUT2D eigenvalue weighted by Gasteiger charge is 2.38. The molecule has 1 saturated carbocycles. The maximum Gasteiger partial charge on any atom is 0.251 e. The number of aromatic nitrogens is 4. The van der Waals surface area contributed by atoms with Gasteiger partial charge in [0.15, 0.2) is 0 Å². The summed E-state index contributed by atoms with van der Waals surface area (Å²) in [6.45, 7) is 3.79. The van der Waals surface area contributed by atoms with Crippen molar-refractivity contribution in [3.63, 3.8) is 0 Å². The van der Waals surface area contributed by atoms with Gasteiger partial charge < -0.3 is 20.4 Å². The molecule has 9 nitrogen and oxygen atoms in total. The quantitative estimate of drug-likeness (QED) is 0.321. The number of amides is 1. The standard InChI is InChI=1S/C33H37N7O2/c1-34-32(41)22-3-2-4-24(19-22)33(23-10-13-35-14-11-23)12-9-28-27(20-33)29-30(36-21-37-31(29)39-28)38-25-5-7-26(8-6-25)40-15-17-42-18-16-40/h2-4,9-14,19,21,25-26H,5-8,15-18,20H2,1H3,(H,34,41)(H2,36,37,38,39)/t25-,26-,33?. The number of carbonyl (C=O) groups is 1. The summed E-state index contributed by atoms with van der Waals surface area (Å²) in [6, 6.07) is 13.1. The van der Waals surface area contributed by atoms with Gasteiger partial charge in [0.1, 0.15) is 17.8 Å². The molecule has 42 heavy (non-hydrogen) atoms. The summed E-state index contributed by atoms with van der Waals surface area (Å²) in [5, 5.41) is 7.63. The van der Waals surface area contributed by atoms with E-state index in [1.807, 2.05) is 30.6 Å². The zero-order chi connectivity index (χ0) is 28.5. The average molecular weight is 564 g/mol. The van der Waals surface area contributed by atoms with Crippen molar-refractivity contribution in [3.05, 3.63) is 89.1 Å². The molecular weight excluding hydrogens is 526 g/mol. The largest absolute Gasteiger partial charge is 0.379 e. The Kier molecular flexibility index (Phi) is 7.21. The predicted octanol–water partition coefficient (Wildman–Crippen LogP) is 4.32. The van der Waals surface area contributed by atoms with Gasteiger partial charge in [-0.1, -0.05) is 18.2 Å². The minimum atomic E-state index is -0.488. The maximum absolute atomic E-state index is 12.6. The molecule has 216 valence electrons. The van der Waals surface area contributed by atoms with Crippen LogP contribution in [0.25, 0.3) is 17.1 Å². The van der Waals surface area contributed by atoms with E-state index in [2.05, 4.69) is 60.8 Å². The molecule has 0 spiro atoms. The number of nitrogens with one attached hydrogen (secondary N) is 3. The van der Waals surface area contributed by atoms with Gasteiger partial charge in [-0.05, 0) is 79.1 Å². The normalized spacial score (nSPS) is 24.3. The van der Waals surface area contributed by atoms with Gasteiger partial charge in [-0.25, -0.2) is 9.97 Å². The summed E-state index contributed by atoms with van der Waals surface area (Å²) in [5.41, 5.74) is 5.40. The molecule has 1 unspecified atom stereocenters. The van der Waals surface area contributed by atoms with Crippen molar-refractivity contribution in [3.8, 4) is 0 Å². The van der Waals surface area contributed by atoms with Crippen LogP contribution in [0.4, 0.5) is 5.82 Å². The third kappa shape index (κ3) is 4.86. The molecule has 2 fully saturated rings. The molecule has 1 atom stereocenters. The molecule has 1 saturated heterocycles.